The summed E-state index contributed by atoms with van der Waals surface area (Å²) in [6.45, 7) is 3.37. The van der Waals surface area contributed by atoms with Gasteiger partial charge in [0.1, 0.15) is 0 Å². The van der Waals surface area contributed by atoms with Gasteiger partial charge in [-0.3, -0.25) is 4.79 Å². The van der Waals surface area contributed by atoms with E-state index in [-0.39, 0.29) is 5.91 Å². The fraction of sp³-hybridized carbons (Fsp3) is 0.545. The van der Waals surface area contributed by atoms with E-state index in [2.05, 4.69) is 22.6 Å². The van der Waals surface area contributed by atoms with Crippen LogP contribution in [0.1, 0.15) is 19.3 Å². The SMILES string of the molecule is CNc1ccccc1N1CCCN(C(NC(=O)/C=C/C2CCN(C)CC2)C(Cl)(Cl)Cl)C1=S. The second-order valence-corrected chi connectivity index (χ2v) is 10.9. The number of rotatable bonds is 6. The summed E-state index contributed by atoms with van der Waals surface area (Å²) in [6, 6.07) is 7.90. The molecule has 0 saturated carbocycles. The quantitative estimate of drug-likeness (QED) is 0.334. The lowest BCUT2D eigenvalue weighted by Crippen LogP contribution is -2.62. The zero-order valence-electron chi connectivity index (χ0n) is 18.4. The number of thiocarbonyl (C=S) groups is 1. The standard InChI is InChI=1S/C22H30Cl3N5OS/c1-26-17-6-3-4-7-18(17)29-12-5-13-30(21(29)32)20(22(23,24)25)27-19(31)9-8-16-10-14-28(2)15-11-16/h3-4,6-9,16,20,26H,5,10-15H2,1-2H3,(H,27,31)/b9-8+. The Hall–Kier alpha value is -1.25. The molecule has 0 bridgehead atoms. The van der Waals surface area contributed by atoms with Crippen LogP contribution in [-0.4, -0.2) is 71.1 Å². The maximum Gasteiger partial charge on any atom is 0.245 e. The summed E-state index contributed by atoms with van der Waals surface area (Å²) < 4.78 is -1.76. The van der Waals surface area contributed by atoms with E-state index in [1.54, 1.807) is 11.0 Å². The van der Waals surface area contributed by atoms with Crippen LogP contribution in [0.2, 0.25) is 0 Å². The highest BCUT2D eigenvalue weighted by Gasteiger charge is 2.42. The Bertz CT molecular complexity index is 839. The fourth-order valence-electron chi connectivity index (χ4n) is 4.09. The normalized spacial score (nSPS) is 20.0. The maximum absolute atomic E-state index is 12.7. The van der Waals surface area contributed by atoms with Gasteiger partial charge in [-0.25, -0.2) is 0 Å². The summed E-state index contributed by atoms with van der Waals surface area (Å²) in [5.41, 5.74) is 1.90. The van der Waals surface area contributed by atoms with E-state index in [0.29, 0.717) is 17.6 Å². The zero-order valence-corrected chi connectivity index (χ0v) is 21.4. The van der Waals surface area contributed by atoms with Crippen LogP contribution >= 0.6 is 47.0 Å². The number of nitrogens with zero attached hydrogens (tertiary/aromatic N) is 3. The first-order chi connectivity index (χ1) is 15.2. The molecular weight excluding hydrogens is 489 g/mol. The Labute approximate surface area is 210 Å². The van der Waals surface area contributed by atoms with Crippen molar-refractivity contribution in [3.05, 3.63) is 36.4 Å². The number of alkyl halides is 3. The van der Waals surface area contributed by atoms with Crippen LogP contribution < -0.4 is 15.5 Å². The summed E-state index contributed by atoms with van der Waals surface area (Å²) in [6.07, 6.45) is 5.49. The lowest BCUT2D eigenvalue weighted by Gasteiger charge is -2.45. The van der Waals surface area contributed by atoms with E-state index in [1.807, 2.05) is 42.3 Å². The molecule has 1 unspecified atom stereocenters. The van der Waals surface area contributed by atoms with Gasteiger partial charge in [-0.05, 0) is 75.7 Å². The number of para-hydroxylation sites is 2. The van der Waals surface area contributed by atoms with Crippen LogP contribution in [0.15, 0.2) is 36.4 Å². The van der Waals surface area contributed by atoms with Gasteiger partial charge in [-0.15, -0.1) is 0 Å². The predicted molar refractivity (Wildman–Crippen MR) is 139 cm³/mol. The van der Waals surface area contributed by atoms with Gasteiger partial charge in [0.05, 0.1) is 11.4 Å². The number of piperidine rings is 1. The Balaban J connectivity index is 1.73. The smallest absolute Gasteiger partial charge is 0.245 e. The number of carbonyl (C=O) groups excluding carboxylic acids is 1. The number of benzene rings is 1. The van der Waals surface area contributed by atoms with E-state index < -0.39 is 9.96 Å². The van der Waals surface area contributed by atoms with Gasteiger partial charge in [-0.2, -0.15) is 0 Å². The molecule has 10 heteroatoms. The van der Waals surface area contributed by atoms with Crippen molar-refractivity contribution >= 4 is 69.4 Å². The van der Waals surface area contributed by atoms with Gasteiger partial charge in [0.25, 0.3) is 0 Å². The third kappa shape index (κ3) is 6.41. The minimum absolute atomic E-state index is 0.296. The lowest BCUT2D eigenvalue weighted by atomic mass is 9.97. The van der Waals surface area contributed by atoms with Crippen LogP contribution in [0, 0.1) is 5.92 Å². The molecule has 2 aliphatic heterocycles. The first-order valence-corrected chi connectivity index (χ1v) is 12.3. The van der Waals surface area contributed by atoms with Crippen molar-refractivity contribution in [2.24, 2.45) is 5.92 Å². The van der Waals surface area contributed by atoms with E-state index in [9.17, 15) is 4.79 Å². The van der Waals surface area contributed by atoms with Crippen LogP contribution in [-0.2, 0) is 4.79 Å². The van der Waals surface area contributed by atoms with Gasteiger partial charge >= 0.3 is 0 Å². The third-order valence-corrected chi connectivity index (χ3v) is 6.98. The molecule has 0 aromatic heterocycles. The number of hydrogen-bond acceptors (Lipinski definition) is 4. The highest BCUT2D eigenvalue weighted by atomic mass is 35.6. The molecule has 2 heterocycles. The number of nitrogens with one attached hydrogen (secondary N) is 2. The summed E-state index contributed by atoms with van der Waals surface area (Å²) in [4.78, 5) is 18.8. The predicted octanol–water partition coefficient (Wildman–Crippen LogP) is 4.24. The topological polar surface area (TPSA) is 50.9 Å². The molecular formula is C22H30Cl3N5OS. The molecule has 2 N–H and O–H groups in total. The Morgan fingerprint density at radius 3 is 2.53 bits per heavy atom. The van der Waals surface area contributed by atoms with Crippen LogP contribution in [0.25, 0.3) is 0 Å². The molecule has 1 atom stereocenters. The number of anilines is 2. The van der Waals surface area contributed by atoms with Crippen molar-refractivity contribution < 1.29 is 4.79 Å². The van der Waals surface area contributed by atoms with E-state index >= 15 is 0 Å². The molecule has 176 valence electrons. The molecule has 0 aliphatic carbocycles. The van der Waals surface area contributed by atoms with E-state index in [1.165, 1.54) is 0 Å². The molecule has 1 aromatic rings. The lowest BCUT2D eigenvalue weighted by molar-refractivity contribution is -0.118. The van der Waals surface area contributed by atoms with Gasteiger partial charge < -0.3 is 25.3 Å². The van der Waals surface area contributed by atoms with Crippen LogP contribution in [0.5, 0.6) is 0 Å². The number of hydrogen-bond donors (Lipinski definition) is 2. The highest BCUT2D eigenvalue weighted by Crippen LogP contribution is 2.35. The average molecular weight is 519 g/mol. The molecule has 32 heavy (non-hydrogen) atoms. The number of amides is 1. The second-order valence-electron chi connectivity index (χ2n) is 8.20. The Morgan fingerprint density at radius 2 is 1.88 bits per heavy atom. The van der Waals surface area contributed by atoms with Crippen molar-refractivity contribution in [3.63, 3.8) is 0 Å². The Morgan fingerprint density at radius 1 is 1.19 bits per heavy atom. The average Bonchev–Trinajstić information content (AvgIpc) is 2.77. The number of carbonyl (C=O) groups is 1. The monoisotopic (exact) mass is 517 g/mol. The molecule has 1 aromatic carbocycles. The van der Waals surface area contributed by atoms with Crippen molar-refractivity contribution in [1.82, 2.24) is 15.1 Å². The minimum atomic E-state index is -1.76. The summed E-state index contributed by atoms with van der Waals surface area (Å²) >= 11 is 24.7. The molecule has 2 fully saturated rings. The van der Waals surface area contributed by atoms with Gasteiger partial charge in [0, 0.05) is 20.1 Å². The summed E-state index contributed by atoms with van der Waals surface area (Å²) in [5, 5.41) is 6.57. The van der Waals surface area contributed by atoms with E-state index in [4.69, 9.17) is 47.0 Å². The molecule has 1 amide bonds. The second kappa shape index (κ2) is 11.3. The van der Waals surface area contributed by atoms with Crippen molar-refractivity contribution in [2.75, 3.05) is 50.5 Å². The van der Waals surface area contributed by atoms with Crippen LogP contribution in [0.4, 0.5) is 11.4 Å². The zero-order chi connectivity index (χ0) is 23.3. The van der Waals surface area contributed by atoms with Gasteiger partial charge in [-0.1, -0.05) is 53.0 Å². The summed E-state index contributed by atoms with van der Waals surface area (Å²) in [5.74, 6) is 0.0866. The first-order valence-electron chi connectivity index (χ1n) is 10.8. The van der Waals surface area contributed by atoms with Gasteiger partial charge in [0.15, 0.2) is 11.3 Å². The molecule has 2 saturated heterocycles. The molecule has 0 spiro atoms. The van der Waals surface area contributed by atoms with Crippen molar-refractivity contribution in [1.29, 1.82) is 0 Å². The first kappa shape index (κ1) is 25.4. The number of halogens is 3. The minimum Gasteiger partial charge on any atom is -0.386 e. The molecule has 3 rings (SSSR count). The fourth-order valence-corrected chi connectivity index (χ4v) is 5.00. The summed E-state index contributed by atoms with van der Waals surface area (Å²) in [7, 11) is 3.97. The number of allylic oxidation sites excluding steroid dienone is 1. The maximum atomic E-state index is 12.7. The third-order valence-electron chi connectivity index (χ3n) is 5.91. The van der Waals surface area contributed by atoms with E-state index in [0.717, 1.165) is 50.3 Å². The largest absolute Gasteiger partial charge is 0.386 e. The highest BCUT2D eigenvalue weighted by molar-refractivity contribution is 7.80. The van der Waals surface area contributed by atoms with Crippen molar-refractivity contribution in [2.45, 2.75) is 29.2 Å². The molecule has 0 radical (unpaired) electrons. The van der Waals surface area contributed by atoms with Gasteiger partial charge in [0.2, 0.25) is 9.70 Å². The molecule has 6 nitrogen and oxygen atoms in total. The van der Waals surface area contributed by atoms with Crippen LogP contribution in [0.3, 0.4) is 0 Å². The number of likely N-dealkylation sites (tertiary alicyclic amines) is 1. The van der Waals surface area contributed by atoms with Crippen molar-refractivity contribution in [3.8, 4) is 0 Å². The molecule has 2 aliphatic rings. The Kier molecular flexibility index (Phi) is 8.92.